The number of nitro benzene ring substituents is 1. The minimum atomic E-state index is -0.562. The molecule has 1 aromatic heterocycles. The first kappa shape index (κ1) is 16.5. The molecule has 1 aromatic carbocycles. The van der Waals surface area contributed by atoms with Crippen molar-refractivity contribution in [3.63, 3.8) is 0 Å². The molecule has 1 aliphatic rings. The first-order chi connectivity index (χ1) is 11.4. The third kappa shape index (κ3) is 3.02. The summed E-state index contributed by atoms with van der Waals surface area (Å²) < 4.78 is 1.62. The maximum atomic E-state index is 12.4. The molecule has 24 heavy (non-hydrogen) atoms. The molecule has 0 aliphatic carbocycles. The minimum Gasteiger partial charge on any atom is -0.358 e. The van der Waals surface area contributed by atoms with E-state index in [1.165, 1.54) is 12.1 Å². The highest BCUT2D eigenvalue weighted by atomic mass is 35.5. The Morgan fingerprint density at radius 2 is 1.92 bits per heavy atom. The average molecular weight is 370 g/mol. The summed E-state index contributed by atoms with van der Waals surface area (Å²) in [7, 11) is 1.78. The number of nitrogens with zero attached hydrogens (tertiary/aromatic N) is 5. The number of carbonyl (C=O) groups is 1. The highest BCUT2D eigenvalue weighted by molar-refractivity contribution is 6.39. The number of hydrogen-bond acceptors (Lipinski definition) is 5. The zero-order valence-corrected chi connectivity index (χ0v) is 14.2. The van der Waals surface area contributed by atoms with Gasteiger partial charge in [-0.2, -0.15) is 5.10 Å². The van der Waals surface area contributed by atoms with Gasteiger partial charge in [0.05, 0.1) is 39.1 Å². The van der Waals surface area contributed by atoms with Crippen LogP contribution >= 0.6 is 23.2 Å². The van der Waals surface area contributed by atoms with E-state index < -0.39 is 4.92 Å². The molecule has 0 N–H and O–H groups in total. The van der Waals surface area contributed by atoms with E-state index in [0.29, 0.717) is 18.8 Å². The van der Waals surface area contributed by atoms with Crippen molar-refractivity contribution in [3.05, 3.63) is 44.7 Å². The molecule has 0 bridgehead atoms. The van der Waals surface area contributed by atoms with Crippen LogP contribution in [0.3, 0.4) is 0 Å². The summed E-state index contributed by atoms with van der Waals surface area (Å²) in [5, 5.41) is 15.2. The Balaban J connectivity index is 1.83. The second-order valence-electron chi connectivity index (χ2n) is 5.35. The molecule has 0 saturated carbocycles. The molecule has 0 atom stereocenters. The first-order valence-electron chi connectivity index (χ1n) is 7.04. The quantitative estimate of drug-likeness (QED) is 0.612. The topological polar surface area (TPSA) is 84.5 Å². The fraction of sp³-hybridized carbons (Fsp3) is 0.286. The molecular weight excluding hydrogens is 357 g/mol. The van der Waals surface area contributed by atoms with Gasteiger partial charge in [-0.3, -0.25) is 19.6 Å². The molecule has 10 heteroatoms. The summed E-state index contributed by atoms with van der Waals surface area (Å²) in [6, 6.07) is 2.47. The van der Waals surface area contributed by atoms with Crippen molar-refractivity contribution in [1.29, 1.82) is 0 Å². The number of rotatable bonds is 3. The number of nitro groups is 1. The maximum Gasteiger partial charge on any atom is 0.272 e. The normalized spacial score (nSPS) is 15.0. The molecular formula is C14H13Cl2N5O3. The van der Waals surface area contributed by atoms with E-state index in [1.54, 1.807) is 33.9 Å². The van der Waals surface area contributed by atoms with Gasteiger partial charge >= 0.3 is 0 Å². The van der Waals surface area contributed by atoms with E-state index in [1.807, 2.05) is 0 Å². The fourth-order valence-electron chi connectivity index (χ4n) is 2.64. The molecule has 2 heterocycles. The first-order valence-corrected chi connectivity index (χ1v) is 7.80. The molecule has 3 rings (SSSR count). The van der Waals surface area contributed by atoms with Crippen LogP contribution in [0, 0.1) is 10.1 Å². The van der Waals surface area contributed by atoms with Gasteiger partial charge in [-0.1, -0.05) is 23.2 Å². The minimum absolute atomic E-state index is 0.0755. The van der Waals surface area contributed by atoms with Crippen molar-refractivity contribution in [2.45, 2.75) is 0 Å². The van der Waals surface area contributed by atoms with Gasteiger partial charge in [0.2, 0.25) is 5.91 Å². The summed E-state index contributed by atoms with van der Waals surface area (Å²) in [4.78, 5) is 26.1. The zero-order valence-electron chi connectivity index (χ0n) is 12.6. The van der Waals surface area contributed by atoms with Gasteiger partial charge in [0.15, 0.2) is 0 Å². The number of halogens is 2. The van der Waals surface area contributed by atoms with Gasteiger partial charge in [-0.05, 0) is 0 Å². The van der Waals surface area contributed by atoms with Crippen molar-refractivity contribution in [2.24, 2.45) is 7.05 Å². The molecule has 1 amide bonds. The van der Waals surface area contributed by atoms with E-state index in [4.69, 9.17) is 23.2 Å². The van der Waals surface area contributed by atoms with Gasteiger partial charge in [-0.25, -0.2) is 0 Å². The second kappa shape index (κ2) is 6.29. The van der Waals surface area contributed by atoms with Crippen molar-refractivity contribution in [2.75, 3.05) is 29.4 Å². The van der Waals surface area contributed by atoms with Crippen LogP contribution in [0.5, 0.6) is 0 Å². The van der Waals surface area contributed by atoms with E-state index in [2.05, 4.69) is 5.10 Å². The van der Waals surface area contributed by atoms with Crippen LogP contribution in [0.2, 0.25) is 10.0 Å². The van der Waals surface area contributed by atoms with Gasteiger partial charge < -0.3 is 9.80 Å². The number of aryl methyl sites for hydroxylation is 1. The number of benzene rings is 1. The molecule has 8 nitrogen and oxygen atoms in total. The third-order valence-corrected chi connectivity index (χ3v) is 4.33. The molecule has 0 radical (unpaired) electrons. The Kier molecular flexibility index (Phi) is 4.33. The highest BCUT2D eigenvalue weighted by Gasteiger charge is 2.29. The predicted octanol–water partition coefficient (Wildman–Crippen LogP) is 2.49. The van der Waals surface area contributed by atoms with Crippen molar-refractivity contribution in [1.82, 2.24) is 9.78 Å². The lowest BCUT2D eigenvalue weighted by molar-refractivity contribution is -0.384. The number of hydrogen-bond donors (Lipinski definition) is 0. The summed E-state index contributed by atoms with van der Waals surface area (Å²) in [6.07, 6.45) is 3.39. The van der Waals surface area contributed by atoms with Gasteiger partial charge in [-0.15, -0.1) is 0 Å². The number of aromatic nitrogens is 2. The lowest BCUT2D eigenvalue weighted by Crippen LogP contribution is -2.50. The van der Waals surface area contributed by atoms with Crippen LogP contribution < -0.4 is 9.80 Å². The van der Waals surface area contributed by atoms with E-state index >= 15 is 0 Å². The predicted molar refractivity (Wildman–Crippen MR) is 90.9 cm³/mol. The summed E-state index contributed by atoms with van der Waals surface area (Å²) in [5.41, 5.74) is 0.972. The number of carbonyl (C=O) groups excluding carboxylic acids is 1. The molecule has 0 unspecified atom stereocenters. The Morgan fingerprint density at radius 3 is 2.42 bits per heavy atom. The Hall–Kier alpha value is -2.32. The van der Waals surface area contributed by atoms with Gasteiger partial charge in [0.25, 0.3) is 5.69 Å². The van der Waals surface area contributed by atoms with Crippen LogP contribution in [0.25, 0.3) is 0 Å². The largest absolute Gasteiger partial charge is 0.358 e. The summed E-state index contributed by atoms with van der Waals surface area (Å²) in [6.45, 7) is 1.01. The Labute approximate surface area is 147 Å². The van der Waals surface area contributed by atoms with Crippen LogP contribution in [0.1, 0.15) is 0 Å². The summed E-state index contributed by atoms with van der Waals surface area (Å²) in [5.74, 6) is -0.125. The molecule has 0 spiro atoms. The number of non-ortho nitro benzene ring substituents is 1. The molecule has 2 aromatic rings. The molecule has 1 fully saturated rings. The SMILES string of the molecule is Cn1cc(N2CCN(c3c(Cl)cc([N+](=O)[O-])cc3Cl)CC2=O)cn1. The number of piperazine rings is 1. The van der Waals surface area contributed by atoms with Gasteiger partial charge in [0, 0.05) is 38.5 Å². The third-order valence-electron chi connectivity index (χ3n) is 3.75. The lowest BCUT2D eigenvalue weighted by Gasteiger charge is -2.35. The fourth-order valence-corrected chi connectivity index (χ4v) is 3.36. The monoisotopic (exact) mass is 369 g/mol. The van der Waals surface area contributed by atoms with E-state index in [9.17, 15) is 14.9 Å². The zero-order chi connectivity index (χ0) is 17.4. The molecule has 1 aliphatic heterocycles. The van der Waals surface area contributed by atoms with Crippen molar-refractivity contribution < 1.29 is 9.72 Å². The molecule has 1 saturated heterocycles. The maximum absolute atomic E-state index is 12.4. The van der Waals surface area contributed by atoms with Crippen LogP contribution in [-0.2, 0) is 11.8 Å². The highest BCUT2D eigenvalue weighted by Crippen LogP contribution is 2.38. The smallest absolute Gasteiger partial charge is 0.272 e. The van der Waals surface area contributed by atoms with Crippen LogP contribution in [0.15, 0.2) is 24.5 Å². The van der Waals surface area contributed by atoms with E-state index in [0.717, 1.165) is 5.69 Å². The van der Waals surface area contributed by atoms with E-state index in [-0.39, 0.29) is 28.2 Å². The lowest BCUT2D eigenvalue weighted by atomic mass is 10.2. The number of amides is 1. The second-order valence-corrected chi connectivity index (χ2v) is 6.17. The Morgan fingerprint density at radius 1 is 1.25 bits per heavy atom. The standard InChI is InChI=1S/C14H13Cl2N5O3/c1-18-7-10(6-17-18)20-3-2-19(8-13(20)22)14-11(15)4-9(21(23)24)5-12(14)16/h4-7H,2-3,8H2,1H3. The van der Waals surface area contributed by atoms with Gasteiger partial charge in [0.1, 0.15) is 0 Å². The van der Waals surface area contributed by atoms with Crippen molar-refractivity contribution >= 4 is 46.2 Å². The van der Waals surface area contributed by atoms with Crippen molar-refractivity contribution in [3.8, 4) is 0 Å². The van der Waals surface area contributed by atoms with Crippen LogP contribution in [0.4, 0.5) is 17.1 Å². The number of anilines is 2. The Bertz CT molecular complexity index is 799. The summed E-state index contributed by atoms with van der Waals surface area (Å²) >= 11 is 12.3. The average Bonchev–Trinajstić information content (AvgIpc) is 2.92. The van der Waals surface area contributed by atoms with Crippen LogP contribution in [-0.4, -0.2) is 40.2 Å². The molecule has 126 valence electrons.